The minimum absolute atomic E-state index is 1.14. The Bertz CT molecular complexity index is 674. The minimum atomic E-state index is -5.39. The van der Waals surface area contributed by atoms with E-state index in [0.717, 1.165) is 19.6 Å². The molecule has 0 radical (unpaired) electrons. The van der Waals surface area contributed by atoms with E-state index < -0.39 is 7.82 Å². The number of aryl methyl sites for hydroxylation is 3. The number of nitrogens with zero attached hydrogens (tertiary/aromatic N) is 3. The third-order valence-electron chi connectivity index (χ3n) is 4.12. The monoisotopic (exact) mass is 470 g/mol. The molecule has 0 fully saturated rings. The predicted octanol–water partition coefficient (Wildman–Crippen LogP) is 0.482. The van der Waals surface area contributed by atoms with Gasteiger partial charge < -0.3 is 19.2 Å². The van der Waals surface area contributed by atoms with Gasteiger partial charge in [0.15, 0.2) is 0 Å². The van der Waals surface area contributed by atoms with E-state index in [2.05, 4.69) is 68.0 Å². The van der Waals surface area contributed by atoms with Gasteiger partial charge in [-0.1, -0.05) is 40.0 Å². The molecule has 3 rings (SSSR count). The molecule has 0 saturated carbocycles. The first-order chi connectivity index (χ1) is 15.3. The van der Waals surface area contributed by atoms with Crippen molar-refractivity contribution in [3.8, 4) is 0 Å². The van der Waals surface area contributed by atoms with E-state index in [4.69, 9.17) is 19.2 Å². The van der Waals surface area contributed by atoms with Gasteiger partial charge in [-0.3, -0.25) is 15.0 Å². The molecule has 0 atom stereocenters. The second kappa shape index (κ2) is 19.4. The third kappa shape index (κ3) is 21.0. The summed E-state index contributed by atoms with van der Waals surface area (Å²) in [4.78, 5) is 34.7. The molecule has 3 heterocycles. The summed E-state index contributed by atoms with van der Waals surface area (Å²) in [5, 5.41) is 0. The summed E-state index contributed by atoms with van der Waals surface area (Å²) < 4.78 is 15.0. The summed E-state index contributed by atoms with van der Waals surface area (Å²) in [6.45, 7) is 10.0. The lowest BCUT2D eigenvalue weighted by atomic mass is 10.3. The SMILES string of the molecule is CCCC[n+]1cc[nH]c1.CCCC[n+]1cc[nH]c1.CCCC[n+]1cc[nH]c1.O=P([O-])([O-])[O-]. The summed E-state index contributed by atoms with van der Waals surface area (Å²) in [6, 6.07) is 0. The van der Waals surface area contributed by atoms with Gasteiger partial charge in [-0.2, -0.15) is 7.82 Å². The van der Waals surface area contributed by atoms with Crippen LogP contribution in [0.4, 0.5) is 0 Å². The van der Waals surface area contributed by atoms with Crippen LogP contribution in [0.2, 0.25) is 0 Å². The first-order valence-electron chi connectivity index (χ1n) is 11.1. The van der Waals surface area contributed by atoms with Gasteiger partial charge in [0, 0.05) is 0 Å². The Labute approximate surface area is 191 Å². The van der Waals surface area contributed by atoms with Crippen LogP contribution in [0.5, 0.6) is 0 Å². The Hall–Kier alpha value is -2.26. The van der Waals surface area contributed by atoms with Gasteiger partial charge in [0.05, 0.1) is 19.6 Å². The van der Waals surface area contributed by atoms with E-state index in [0.29, 0.717) is 0 Å². The average Bonchev–Trinajstić information content (AvgIpc) is 3.52. The van der Waals surface area contributed by atoms with Crippen molar-refractivity contribution in [2.45, 2.75) is 78.9 Å². The predicted molar refractivity (Wildman–Crippen MR) is 115 cm³/mol. The lowest BCUT2D eigenvalue weighted by Crippen LogP contribution is -2.29. The van der Waals surface area contributed by atoms with Crippen molar-refractivity contribution < 1.29 is 32.9 Å². The number of hydrogen-bond acceptors (Lipinski definition) is 4. The molecular weight excluding hydrogens is 431 g/mol. The van der Waals surface area contributed by atoms with Gasteiger partial charge in [0.25, 0.3) is 0 Å². The van der Waals surface area contributed by atoms with Crippen molar-refractivity contribution in [3.63, 3.8) is 0 Å². The minimum Gasteiger partial charge on any atom is -0.822 e. The van der Waals surface area contributed by atoms with Gasteiger partial charge in [-0.25, -0.2) is 13.7 Å². The van der Waals surface area contributed by atoms with Crippen LogP contribution in [0.1, 0.15) is 59.3 Å². The highest BCUT2D eigenvalue weighted by Crippen LogP contribution is 2.03. The highest BCUT2D eigenvalue weighted by atomic mass is 31.2. The Morgan fingerprint density at radius 2 is 0.875 bits per heavy atom. The lowest BCUT2D eigenvalue weighted by molar-refractivity contribution is -0.696. The first kappa shape index (κ1) is 29.7. The van der Waals surface area contributed by atoms with Gasteiger partial charge in [-0.05, 0) is 19.3 Å². The van der Waals surface area contributed by atoms with Crippen LogP contribution >= 0.6 is 7.82 Å². The van der Waals surface area contributed by atoms with Crippen molar-refractivity contribution in [2.75, 3.05) is 0 Å². The van der Waals surface area contributed by atoms with E-state index in [1.165, 1.54) is 38.5 Å². The Balaban J connectivity index is 0.000000410. The van der Waals surface area contributed by atoms with Crippen LogP contribution < -0.4 is 28.4 Å². The number of nitrogens with one attached hydrogen (secondary N) is 3. The number of hydrogen-bond donors (Lipinski definition) is 3. The van der Waals surface area contributed by atoms with E-state index in [1.54, 1.807) is 0 Å². The van der Waals surface area contributed by atoms with Crippen LogP contribution in [0.3, 0.4) is 0 Å². The molecule has 0 unspecified atom stereocenters. The highest BCUT2D eigenvalue weighted by molar-refractivity contribution is 7.40. The summed E-state index contributed by atoms with van der Waals surface area (Å²) in [7, 11) is -5.39. The van der Waals surface area contributed by atoms with Crippen molar-refractivity contribution >= 4 is 7.82 Å². The van der Waals surface area contributed by atoms with Gasteiger partial charge in [-0.15, -0.1) is 0 Å². The molecule has 11 heteroatoms. The molecule has 0 aliphatic carbocycles. The molecule has 0 bridgehead atoms. The fraction of sp³-hybridized carbons (Fsp3) is 0.571. The number of unbranched alkanes of at least 4 members (excludes halogenated alkanes) is 3. The van der Waals surface area contributed by atoms with Crippen molar-refractivity contribution in [1.82, 2.24) is 15.0 Å². The zero-order chi connectivity index (χ0) is 24.1. The van der Waals surface area contributed by atoms with Crippen molar-refractivity contribution in [2.24, 2.45) is 0 Å². The number of aromatic nitrogens is 6. The fourth-order valence-corrected chi connectivity index (χ4v) is 2.40. The zero-order valence-corrected chi connectivity index (χ0v) is 20.4. The van der Waals surface area contributed by atoms with Crippen LogP contribution in [-0.2, 0) is 24.2 Å². The molecular formula is C21H39N6O4P. The molecule has 3 N–H and O–H groups in total. The number of imidazole rings is 3. The van der Waals surface area contributed by atoms with Gasteiger partial charge >= 0.3 is 0 Å². The maximum Gasteiger partial charge on any atom is 0.241 e. The van der Waals surface area contributed by atoms with Crippen molar-refractivity contribution in [3.05, 3.63) is 56.2 Å². The quantitative estimate of drug-likeness (QED) is 0.308. The molecule has 32 heavy (non-hydrogen) atoms. The first-order valence-corrected chi connectivity index (χ1v) is 12.5. The van der Waals surface area contributed by atoms with Crippen LogP contribution in [-0.4, -0.2) is 15.0 Å². The Morgan fingerprint density at radius 3 is 1.03 bits per heavy atom. The molecule has 3 aromatic heterocycles. The van der Waals surface area contributed by atoms with Gasteiger partial charge in [0.1, 0.15) is 37.2 Å². The molecule has 0 aromatic carbocycles. The fourth-order valence-electron chi connectivity index (χ4n) is 2.40. The maximum atomic E-state index is 8.55. The standard InChI is InChI=1S/3C7H12N2.H3O4P/c3*1-2-3-5-9-6-4-8-7-9;1-5(2,3)4/h3*4,6-7H,2-3,5H2,1H3;(H3,1,2,3,4). The molecule has 0 aliphatic rings. The Morgan fingerprint density at radius 1 is 0.625 bits per heavy atom. The van der Waals surface area contributed by atoms with E-state index in [1.807, 2.05) is 37.6 Å². The van der Waals surface area contributed by atoms with Crippen LogP contribution in [0.15, 0.2) is 56.2 Å². The normalized spacial score (nSPS) is 10.2. The van der Waals surface area contributed by atoms with Crippen LogP contribution in [0.25, 0.3) is 0 Å². The average molecular weight is 471 g/mol. The molecule has 0 spiro atoms. The molecule has 3 aromatic rings. The smallest absolute Gasteiger partial charge is 0.241 e. The zero-order valence-electron chi connectivity index (χ0n) is 19.5. The molecule has 182 valence electrons. The maximum absolute atomic E-state index is 8.55. The number of aromatic amines is 3. The van der Waals surface area contributed by atoms with E-state index >= 15 is 0 Å². The summed E-state index contributed by atoms with van der Waals surface area (Å²) >= 11 is 0. The summed E-state index contributed by atoms with van der Waals surface area (Å²) in [5.74, 6) is 0. The number of phosphoric acid groups is 1. The molecule has 0 amide bonds. The molecule has 0 saturated heterocycles. The van der Waals surface area contributed by atoms with Crippen LogP contribution in [0, 0.1) is 0 Å². The lowest BCUT2D eigenvalue weighted by Gasteiger charge is -2.36. The summed E-state index contributed by atoms with van der Waals surface area (Å²) in [6.07, 6.45) is 25.5. The molecule has 0 aliphatic heterocycles. The second-order valence-corrected chi connectivity index (χ2v) is 7.95. The van der Waals surface area contributed by atoms with E-state index in [9.17, 15) is 0 Å². The van der Waals surface area contributed by atoms with E-state index in [-0.39, 0.29) is 0 Å². The largest absolute Gasteiger partial charge is 0.822 e. The summed E-state index contributed by atoms with van der Waals surface area (Å²) in [5.41, 5.74) is 0. The number of H-pyrrole nitrogens is 3. The number of rotatable bonds is 9. The third-order valence-corrected chi connectivity index (χ3v) is 4.12. The highest BCUT2D eigenvalue weighted by Gasteiger charge is 1.93. The van der Waals surface area contributed by atoms with Gasteiger partial charge in [0.2, 0.25) is 19.0 Å². The molecule has 10 nitrogen and oxygen atoms in total. The van der Waals surface area contributed by atoms with Crippen molar-refractivity contribution in [1.29, 1.82) is 0 Å². The Kier molecular flexibility index (Phi) is 18.1. The topological polar surface area (TPSA) is 145 Å². The second-order valence-electron chi connectivity index (χ2n) is 7.06.